The van der Waals surface area contributed by atoms with Crippen LogP contribution in [0.1, 0.15) is 28.9 Å². The molecule has 138 valence electrons. The molecule has 1 aliphatic rings. The molecule has 1 atom stereocenters. The number of aromatic nitrogens is 2. The molecule has 0 saturated carbocycles. The summed E-state index contributed by atoms with van der Waals surface area (Å²) in [5.74, 6) is -0.413. The van der Waals surface area contributed by atoms with Crippen LogP contribution in [0.4, 0.5) is 4.39 Å². The predicted molar refractivity (Wildman–Crippen MR) is 103 cm³/mol. The van der Waals surface area contributed by atoms with Gasteiger partial charge in [0, 0.05) is 42.0 Å². The van der Waals surface area contributed by atoms with E-state index in [1.165, 1.54) is 6.07 Å². The van der Waals surface area contributed by atoms with Crippen LogP contribution < -0.4 is 0 Å². The van der Waals surface area contributed by atoms with Gasteiger partial charge in [-0.2, -0.15) is 5.10 Å². The fourth-order valence-electron chi connectivity index (χ4n) is 3.78. The molecule has 1 fully saturated rings. The largest absolute Gasteiger partial charge is 0.297 e. The average Bonchev–Trinajstić information content (AvgIpc) is 3.21. The fraction of sp³-hybridized carbons (Fsp3) is 0.273. The Morgan fingerprint density at radius 2 is 2.04 bits per heavy atom. The van der Waals surface area contributed by atoms with E-state index in [4.69, 9.17) is 0 Å². The van der Waals surface area contributed by atoms with Gasteiger partial charge in [0.15, 0.2) is 5.78 Å². The number of halogens is 1. The number of benzene rings is 2. The number of aromatic amines is 1. The Kier molecular flexibility index (Phi) is 5.12. The maximum atomic E-state index is 14.6. The summed E-state index contributed by atoms with van der Waals surface area (Å²) >= 11 is 0. The van der Waals surface area contributed by atoms with Gasteiger partial charge in [-0.05, 0) is 37.1 Å². The first-order valence-electron chi connectivity index (χ1n) is 9.30. The van der Waals surface area contributed by atoms with Crippen molar-refractivity contribution in [1.82, 2.24) is 15.1 Å². The van der Waals surface area contributed by atoms with Crippen molar-refractivity contribution in [2.24, 2.45) is 5.92 Å². The summed E-state index contributed by atoms with van der Waals surface area (Å²) in [6.45, 7) is 2.41. The second-order valence-corrected chi connectivity index (χ2v) is 7.08. The van der Waals surface area contributed by atoms with Crippen molar-refractivity contribution >= 4 is 5.78 Å². The molecule has 4 rings (SSSR count). The molecule has 0 aliphatic carbocycles. The number of Topliss-reactive ketones (excluding diaryl/α,β-unsaturated/α-hetero) is 1. The van der Waals surface area contributed by atoms with Gasteiger partial charge in [0.25, 0.3) is 0 Å². The van der Waals surface area contributed by atoms with Crippen molar-refractivity contribution in [2.45, 2.75) is 19.4 Å². The van der Waals surface area contributed by atoms with Crippen LogP contribution in [0.2, 0.25) is 0 Å². The lowest BCUT2D eigenvalue weighted by Crippen LogP contribution is -2.38. The number of H-pyrrole nitrogens is 1. The minimum Gasteiger partial charge on any atom is -0.297 e. The van der Waals surface area contributed by atoms with Gasteiger partial charge in [-0.15, -0.1) is 0 Å². The van der Waals surface area contributed by atoms with Gasteiger partial charge in [0.2, 0.25) is 0 Å². The van der Waals surface area contributed by atoms with E-state index < -0.39 is 0 Å². The minimum atomic E-state index is -0.350. The number of nitrogens with one attached hydrogen (secondary N) is 1. The monoisotopic (exact) mass is 363 g/mol. The van der Waals surface area contributed by atoms with Gasteiger partial charge in [0.1, 0.15) is 5.82 Å². The molecule has 4 nitrogen and oxygen atoms in total. The van der Waals surface area contributed by atoms with Crippen molar-refractivity contribution < 1.29 is 9.18 Å². The van der Waals surface area contributed by atoms with Gasteiger partial charge in [0.05, 0.1) is 0 Å². The second kappa shape index (κ2) is 7.84. The Labute approximate surface area is 158 Å². The SMILES string of the molecule is O=C(c1ccc(-c2ccccc2)c(F)c1)[C@@H]1CCCN(Cc2ccn[nH]2)C1. The molecular formula is C22H22FN3O. The Hall–Kier alpha value is -2.79. The van der Waals surface area contributed by atoms with Crippen molar-refractivity contribution in [2.75, 3.05) is 13.1 Å². The van der Waals surface area contributed by atoms with E-state index in [2.05, 4.69) is 15.1 Å². The molecule has 0 spiro atoms. The average molecular weight is 363 g/mol. The van der Waals surface area contributed by atoms with Crippen LogP contribution in [0.3, 0.4) is 0 Å². The number of hydrogen-bond acceptors (Lipinski definition) is 3. The van der Waals surface area contributed by atoms with Crippen molar-refractivity contribution in [3.05, 3.63) is 77.9 Å². The highest BCUT2D eigenvalue weighted by atomic mass is 19.1. The minimum absolute atomic E-state index is 0.0304. The lowest BCUT2D eigenvalue weighted by atomic mass is 9.89. The molecule has 0 unspecified atom stereocenters. The molecule has 1 aliphatic heterocycles. The smallest absolute Gasteiger partial charge is 0.167 e. The standard InChI is InChI=1S/C22H22FN3O/c23-21-13-17(8-9-20(21)16-5-2-1-3-6-16)22(27)18-7-4-12-26(14-18)15-19-10-11-24-25-19/h1-3,5-6,8-11,13,18H,4,7,12,14-15H2,(H,24,25)/t18-/m1/s1. The number of rotatable bonds is 5. The van der Waals surface area contributed by atoms with Crippen LogP contribution in [0.15, 0.2) is 60.8 Å². The van der Waals surface area contributed by atoms with Crippen molar-refractivity contribution in [3.63, 3.8) is 0 Å². The highest BCUT2D eigenvalue weighted by molar-refractivity contribution is 5.98. The highest BCUT2D eigenvalue weighted by Crippen LogP contribution is 2.26. The summed E-state index contributed by atoms with van der Waals surface area (Å²) in [5.41, 5.74) is 2.84. The number of nitrogens with zero attached hydrogens (tertiary/aromatic N) is 2. The van der Waals surface area contributed by atoms with Crippen LogP contribution in [0.25, 0.3) is 11.1 Å². The van der Waals surface area contributed by atoms with Gasteiger partial charge in [-0.3, -0.25) is 14.8 Å². The number of carbonyl (C=O) groups is 1. The van der Waals surface area contributed by atoms with Gasteiger partial charge in [-0.25, -0.2) is 4.39 Å². The topological polar surface area (TPSA) is 49.0 Å². The van der Waals surface area contributed by atoms with E-state index >= 15 is 0 Å². The van der Waals surface area contributed by atoms with E-state index in [1.54, 1.807) is 18.3 Å². The third-order valence-electron chi connectivity index (χ3n) is 5.17. The van der Waals surface area contributed by atoms with Gasteiger partial charge >= 0.3 is 0 Å². The maximum Gasteiger partial charge on any atom is 0.167 e. The quantitative estimate of drug-likeness (QED) is 0.687. The molecule has 1 N–H and O–H groups in total. The maximum absolute atomic E-state index is 14.6. The molecule has 5 heteroatoms. The zero-order valence-corrected chi connectivity index (χ0v) is 15.1. The number of carbonyl (C=O) groups excluding carboxylic acids is 1. The molecule has 3 aromatic rings. The van der Waals surface area contributed by atoms with E-state index in [9.17, 15) is 9.18 Å². The van der Waals surface area contributed by atoms with Crippen LogP contribution in [-0.4, -0.2) is 34.0 Å². The Morgan fingerprint density at radius 3 is 2.78 bits per heavy atom. The molecule has 1 aromatic heterocycles. The molecule has 0 amide bonds. The Morgan fingerprint density at radius 1 is 1.19 bits per heavy atom. The third-order valence-corrected chi connectivity index (χ3v) is 5.17. The molecule has 0 bridgehead atoms. The number of ketones is 1. The predicted octanol–water partition coefficient (Wildman–Crippen LogP) is 4.31. The number of likely N-dealkylation sites (tertiary alicyclic amines) is 1. The highest BCUT2D eigenvalue weighted by Gasteiger charge is 2.27. The normalized spacial score (nSPS) is 17.7. The lowest BCUT2D eigenvalue weighted by molar-refractivity contribution is 0.0809. The number of hydrogen-bond donors (Lipinski definition) is 1. The lowest BCUT2D eigenvalue weighted by Gasteiger charge is -2.31. The van der Waals surface area contributed by atoms with Crippen LogP contribution in [-0.2, 0) is 6.54 Å². The van der Waals surface area contributed by atoms with Gasteiger partial charge < -0.3 is 0 Å². The summed E-state index contributed by atoms with van der Waals surface area (Å²) in [6, 6.07) is 16.2. The molecular weight excluding hydrogens is 341 g/mol. The summed E-state index contributed by atoms with van der Waals surface area (Å²) in [5, 5.41) is 6.94. The van der Waals surface area contributed by atoms with E-state index in [1.807, 2.05) is 36.4 Å². The fourth-order valence-corrected chi connectivity index (χ4v) is 3.78. The first-order valence-corrected chi connectivity index (χ1v) is 9.30. The van der Waals surface area contributed by atoms with Crippen LogP contribution in [0, 0.1) is 11.7 Å². The zero-order chi connectivity index (χ0) is 18.6. The first kappa shape index (κ1) is 17.6. The molecule has 1 saturated heterocycles. The molecule has 0 radical (unpaired) electrons. The van der Waals surface area contributed by atoms with Crippen LogP contribution in [0.5, 0.6) is 0 Å². The summed E-state index contributed by atoms with van der Waals surface area (Å²) in [4.78, 5) is 15.2. The van der Waals surface area contributed by atoms with E-state index in [0.29, 0.717) is 17.7 Å². The van der Waals surface area contributed by atoms with E-state index in [-0.39, 0.29) is 17.5 Å². The second-order valence-electron chi connectivity index (χ2n) is 7.08. The summed E-state index contributed by atoms with van der Waals surface area (Å²) < 4.78 is 14.6. The zero-order valence-electron chi connectivity index (χ0n) is 15.1. The summed E-state index contributed by atoms with van der Waals surface area (Å²) in [6.07, 6.45) is 3.55. The summed E-state index contributed by atoms with van der Waals surface area (Å²) in [7, 11) is 0. The first-order chi connectivity index (χ1) is 13.2. The molecule has 2 heterocycles. The van der Waals surface area contributed by atoms with Crippen LogP contribution >= 0.6 is 0 Å². The van der Waals surface area contributed by atoms with E-state index in [0.717, 1.165) is 37.2 Å². The Balaban J connectivity index is 1.48. The Bertz CT molecular complexity index is 909. The third kappa shape index (κ3) is 3.98. The van der Waals surface area contributed by atoms with Gasteiger partial charge in [-0.1, -0.05) is 42.5 Å². The van der Waals surface area contributed by atoms with Crippen molar-refractivity contribution in [1.29, 1.82) is 0 Å². The molecule has 2 aromatic carbocycles. The molecule has 27 heavy (non-hydrogen) atoms. The van der Waals surface area contributed by atoms with Crippen molar-refractivity contribution in [3.8, 4) is 11.1 Å². The number of piperidine rings is 1.